The van der Waals surface area contributed by atoms with Crippen molar-refractivity contribution in [2.24, 2.45) is 0 Å². The number of hydrogen-bond donors (Lipinski definition) is 0. The molecule has 1 aliphatic rings. The zero-order valence-electron chi connectivity index (χ0n) is 21.5. The maximum Gasteiger partial charge on any atom is 0.192 e. The van der Waals surface area contributed by atoms with E-state index in [0.29, 0.717) is 11.8 Å². The molecule has 2 aromatic rings. The van der Waals surface area contributed by atoms with Crippen molar-refractivity contribution in [3.63, 3.8) is 0 Å². The van der Waals surface area contributed by atoms with Crippen LogP contribution < -0.4 is 0 Å². The Bertz CT molecular complexity index is 947. The Hall–Kier alpha value is -0.706. The second kappa shape index (κ2) is 8.82. The molecule has 0 saturated carbocycles. The van der Waals surface area contributed by atoms with Crippen molar-refractivity contribution in [2.75, 3.05) is 6.61 Å². The highest BCUT2D eigenvalue weighted by Crippen LogP contribution is 2.43. The third kappa shape index (κ3) is 5.18. The summed E-state index contributed by atoms with van der Waals surface area (Å²) in [6.07, 6.45) is 4.37. The molecule has 3 rings (SSSR count). The Morgan fingerprint density at radius 2 is 1.69 bits per heavy atom. The highest BCUT2D eigenvalue weighted by Gasteiger charge is 2.46. The number of pyridine rings is 1. The second-order valence-electron chi connectivity index (χ2n) is 12.1. The van der Waals surface area contributed by atoms with Crippen molar-refractivity contribution in [3.05, 3.63) is 29.7 Å². The Morgan fingerprint density at radius 3 is 2.28 bits per heavy atom. The van der Waals surface area contributed by atoms with Gasteiger partial charge in [0.1, 0.15) is 17.5 Å². The molecule has 8 heteroatoms. The fourth-order valence-corrected chi connectivity index (χ4v) is 6.10. The highest BCUT2D eigenvalue weighted by atomic mass is 35.5. The van der Waals surface area contributed by atoms with Gasteiger partial charge in [0.2, 0.25) is 0 Å². The Labute approximate surface area is 201 Å². The molecule has 1 aliphatic heterocycles. The van der Waals surface area contributed by atoms with E-state index < -0.39 is 16.6 Å². The predicted molar refractivity (Wildman–Crippen MR) is 138 cm³/mol. The summed E-state index contributed by atoms with van der Waals surface area (Å²) in [5.74, 6) is 0. The molecule has 180 valence electrons. The van der Waals surface area contributed by atoms with E-state index in [1.807, 2.05) is 18.3 Å². The van der Waals surface area contributed by atoms with Gasteiger partial charge in [-0.05, 0) is 48.4 Å². The van der Waals surface area contributed by atoms with Gasteiger partial charge in [0.05, 0.1) is 18.2 Å². The van der Waals surface area contributed by atoms with Crippen molar-refractivity contribution in [1.29, 1.82) is 0 Å². The third-order valence-corrected chi connectivity index (χ3v) is 17.1. The summed E-state index contributed by atoms with van der Waals surface area (Å²) in [5, 5.41) is 1.75. The van der Waals surface area contributed by atoms with E-state index in [4.69, 9.17) is 25.2 Å². The van der Waals surface area contributed by atoms with E-state index in [-0.39, 0.29) is 28.5 Å². The molecule has 1 fully saturated rings. The van der Waals surface area contributed by atoms with Crippen LogP contribution in [0, 0.1) is 0 Å². The average Bonchev–Trinajstić information content (AvgIpc) is 3.22. The zero-order valence-corrected chi connectivity index (χ0v) is 24.2. The zero-order chi connectivity index (χ0) is 24.1. The number of aromatic nitrogens is 2. The molecule has 0 radical (unpaired) electrons. The molecule has 1 saturated heterocycles. The number of ether oxygens (including phenoxy) is 1. The standard InChI is InChI=1S/C24H41ClN2O3Si2/c1-23(2,3)31(7,8)28-16-20-19(30-32(9,10)24(4,5)6)15-21(29-20)27-14-12-17-18(27)11-13-26-22(17)25/h11-14,19-21H,15-16H2,1-10H3. The summed E-state index contributed by atoms with van der Waals surface area (Å²) in [5.41, 5.74) is 1.03. The lowest BCUT2D eigenvalue weighted by Crippen LogP contribution is -2.48. The Kier molecular flexibility index (Phi) is 7.14. The van der Waals surface area contributed by atoms with Crippen LogP contribution in [-0.2, 0) is 13.6 Å². The molecule has 0 amide bonds. The third-order valence-electron chi connectivity index (χ3n) is 7.76. The van der Waals surface area contributed by atoms with Gasteiger partial charge in [-0.15, -0.1) is 0 Å². The van der Waals surface area contributed by atoms with Crippen LogP contribution in [0.1, 0.15) is 54.2 Å². The molecule has 0 bridgehead atoms. The molecule has 32 heavy (non-hydrogen) atoms. The maximum absolute atomic E-state index is 6.89. The molecule has 3 heterocycles. The summed E-state index contributed by atoms with van der Waals surface area (Å²) in [6, 6.07) is 4.00. The van der Waals surface area contributed by atoms with Crippen LogP contribution in [0.25, 0.3) is 10.9 Å². The van der Waals surface area contributed by atoms with E-state index in [0.717, 1.165) is 17.3 Å². The molecule has 3 atom stereocenters. The predicted octanol–water partition coefficient (Wildman–Crippen LogP) is 7.39. The Balaban J connectivity index is 1.87. The van der Waals surface area contributed by atoms with Crippen molar-refractivity contribution in [2.45, 2.75) is 103 Å². The normalized spacial score (nSPS) is 23.3. The van der Waals surface area contributed by atoms with Crippen LogP contribution in [0.2, 0.25) is 41.4 Å². The molecule has 0 N–H and O–H groups in total. The lowest BCUT2D eigenvalue weighted by Gasteiger charge is -2.40. The van der Waals surface area contributed by atoms with E-state index in [2.05, 4.69) is 77.3 Å². The van der Waals surface area contributed by atoms with Crippen molar-refractivity contribution >= 4 is 39.1 Å². The van der Waals surface area contributed by atoms with E-state index in [9.17, 15) is 0 Å². The summed E-state index contributed by atoms with van der Waals surface area (Å²) in [7, 11) is -3.86. The van der Waals surface area contributed by atoms with Crippen LogP contribution in [0.5, 0.6) is 0 Å². The van der Waals surface area contributed by atoms with Gasteiger partial charge in [0.15, 0.2) is 16.6 Å². The largest absolute Gasteiger partial charge is 0.414 e. The molecular weight excluding hydrogens is 456 g/mol. The van der Waals surface area contributed by atoms with Crippen LogP contribution in [0.15, 0.2) is 24.5 Å². The van der Waals surface area contributed by atoms with Crippen molar-refractivity contribution in [3.8, 4) is 0 Å². The molecule has 0 aliphatic carbocycles. The summed E-state index contributed by atoms with van der Waals surface area (Å²) < 4.78 is 22.3. The quantitative estimate of drug-likeness (QED) is 0.309. The fourth-order valence-electron chi connectivity index (χ4n) is 3.51. The van der Waals surface area contributed by atoms with E-state index in [1.54, 1.807) is 6.20 Å². The lowest BCUT2D eigenvalue weighted by atomic mass is 10.2. The average molecular weight is 497 g/mol. The molecule has 0 spiro atoms. The number of hydrogen-bond acceptors (Lipinski definition) is 4. The van der Waals surface area contributed by atoms with Gasteiger partial charge in [-0.25, -0.2) is 4.98 Å². The minimum Gasteiger partial charge on any atom is -0.414 e. The molecule has 3 unspecified atom stereocenters. The number of fused-ring (bicyclic) bond motifs is 1. The minimum atomic E-state index is -1.96. The van der Waals surface area contributed by atoms with Gasteiger partial charge < -0.3 is 18.2 Å². The highest BCUT2D eigenvalue weighted by molar-refractivity contribution is 6.74. The smallest absolute Gasteiger partial charge is 0.192 e. The minimum absolute atomic E-state index is 0.000388. The molecule has 0 aromatic carbocycles. The number of rotatable bonds is 6. The summed E-state index contributed by atoms with van der Waals surface area (Å²) in [4.78, 5) is 4.21. The topological polar surface area (TPSA) is 45.5 Å². The summed E-state index contributed by atoms with van der Waals surface area (Å²) in [6.45, 7) is 23.4. The lowest BCUT2D eigenvalue weighted by molar-refractivity contribution is -0.0380. The van der Waals surface area contributed by atoms with Gasteiger partial charge in [-0.2, -0.15) is 0 Å². The van der Waals surface area contributed by atoms with Gasteiger partial charge in [0, 0.05) is 24.2 Å². The first-order valence-electron chi connectivity index (χ1n) is 11.6. The second-order valence-corrected chi connectivity index (χ2v) is 22.0. The first kappa shape index (κ1) is 25.9. The van der Waals surface area contributed by atoms with E-state index in [1.165, 1.54) is 0 Å². The van der Waals surface area contributed by atoms with Crippen LogP contribution >= 0.6 is 11.6 Å². The summed E-state index contributed by atoms with van der Waals surface area (Å²) >= 11 is 6.31. The van der Waals surface area contributed by atoms with Crippen LogP contribution in [-0.4, -0.2) is 45.0 Å². The SMILES string of the molecule is CC(C)(C)[Si](C)(C)OCC1OC(n2ccc3c(Cl)nccc32)CC1O[Si](C)(C)C(C)(C)C. The van der Waals surface area contributed by atoms with Crippen LogP contribution in [0.3, 0.4) is 0 Å². The molecular formula is C24H41ClN2O3Si2. The number of halogens is 1. The van der Waals surface area contributed by atoms with Crippen LogP contribution in [0.4, 0.5) is 0 Å². The van der Waals surface area contributed by atoms with Gasteiger partial charge in [-0.3, -0.25) is 0 Å². The first-order chi connectivity index (χ1) is 14.5. The maximum atomic E-state index is 6.89. The van der Waals surface area contributed by atoms with Crippen molar-refractivity contribution < 1.29 is 13.6 Å². The van der Waals surface area contributed by atoms with Gasteiger partial charge in [-0.1, -0.05) is 53.1 Å². The molecule has 5 nitrogen and oxygen atoms in total. The van der Waals surface area contributed by atoms with Gasteiger partial charge >= 0.3 is 0 Å². The molecule has 2 aromatic heterocycles. The Morgan fingerprint density at radius 1 is 1.06 bits per heavy atom. The van der Waals surface area contributed by atoms with E-state index >= 15 is 0 Å². The van der Waals surface area contributed by atoms with Crippen molar-refractivity contribution in [1.82, 2.24) is 9.55 Å². The monoisotopic (exact) mass is 496 g/mol. The number of nitrogens with zero attached hydrogens (tertiary/aromatic N) is 2. The first-order valence-corrected chi connectivity index (χ1v) is 17.8. The van der Waals surface area contributed by atoms with Gasteiger partial charge in [0.25, 0.3) is 0 Å². The fraction of sp³-hybridized carbons (Fsp3) is 0.708.